The summed E-state index contributed by atoms with van der Waals surface area (Å²) in [6.45, 7) is 5.62. The first-order valence-corrected chi connectivity index (χ1v) is 6.01. The molecule has 0 aromatic carbocycles. The van der Waals surface area contributed by atoms with Gasteiger partial charge in [-0.2, -0.15) is 0 Å². The van der Waals surface area contributed by atoms with Crippen LogP contribution in [0.15, 0.2) is 18.5 Å². The molecule has 0 bridgehead atoms. The van der Waals surface area contributed by atoms with E-state index in [9.17, 15) is 4.39 Å². The van der Waals surface area contributed by atoms with Crippen molar-refractivity contribution >= 4 is 17.2 Å². The van der Waals surface area contributed by atoms with Crippen molar-refractivity contribution < 1.29 is 4.39 Å². The van der Waals surface area contributed by atoms with Crippen LogP contribution in [0.25, 0.3) is 0 Å². The van der Waals surface area contributed by atoms with Crippen LogP contribution in [-0.2, 0) is 6.54 Å². The molecule has 0 saturated carbocycles. The summed E-state index contributed by atoms with van der Waals surface area (Å²) in [4.78, 5) is 6.54. The highest BCUT2D eigenvalue weighted by atomic mass is 32.1. The zero-order valence-electron chi connectivity index (χ0n) is 10.2. The minimum Gasteiger partial charge on any atom is -0.393 e. The molecule has 1 rings (SSSR count). The molecule has 0 unspecified atom stereocenters. The minimum atomic E-state index is -0.305. The highest BCUT2D eigenvalue weighted by Gasteiger charge is 2.11. The van der Waals surface area contributed by atoms with Crippen LogP contribution in [0.1, 0.15) is 25.8 Å². The Bertz CT molecular complexity index is 382. The maximum Gasteiger partial charge on any atom is 0.141 e. The summed E-state index contributed by atoms with van der Waals surface area (Å²) >= 11 is 4.86. The van der Waals surface area contributed by atoms with Gasteiger partial charge in [0.05, 0.1) is 11.2 Å². The molecular formula is C12H18FN3S. The molecule has 0 aliphatic rings. The van der Waals surface area contributed by atoms with E-state index in [0.29, 0.717) is 24.0 Å². The van der Waals surface area contributed by atoms with Gasteiger partial charge in [-0.3, -0.25) is 9.88 Å². The molecular weight excluding hydrogens is 237 g/mol. The molecule has 0 spiro atoms. The molecule has 1 aromatic heterocycles. The monoisotopic (exact) mass is 255 g/mol. The quantitative estimate of drug-likeness (QED) is 0.791. The Labute approximate surface area is 107 Å². The van der Waals surface area contributed by atoms with Crippen molar-refractivity contribution in [3.05, 3.63) is 29.8 Å². The van der Waals surface area contributed by atoms with E-state index in [0.717, 1.165) is 12.1 Å². The third-order valence-corrected chi connectivity index (χ3v) is 2.73. The lowest BCUT2D eigenvalue weighted by molar-refractivity contribution is 0.219. The highest BCUT2D eigenvalue weighted by molar-refractivity contribution is 7.80. The van der Waals surface area contributed by atoms with Crippen LogP contribution in [0.4, 0.5) is 4.39 Å². The molecule has 1 aromatic rings. The third kappa shape index (κ3) is 5.19. The summed E-state index contributed by atoms with van der Waals surface area (Å²) in [5, 5.41) is 0. The van der Waals surface area contributed by atoms with Crippen LogP contribution in [-0.4, -0.2) is 27.5 Å². The van der Waals surface area contributed by atoms with Crippen molar-refractivity contribution in [2.45, 2.75) is 32.9 Å². The lowest BCUT2D eigenvalue weighted by atomic mass is 10.2. The van der Waals surface area contributed by atoms with E-state index in [1.807, 2.05) is 0 Å². The van der Waals surface area contributed by atoms with E-state index >= 15 is 0 Å². The molecule has 0 fully saturated rings. The Morgan fingerprint density at radius 1 is 1.53 bits per heavy atom. The number of hydrogen-bond donors (Lipinski definition) is 1. The van der Waals surface area contributed by atoms with Gasteiger partial charge >= 0.3 is 0 Å². The van der Waals surface area contributed by atoms with Crippen molar-refractivity contribution in [3.8, 4) is 0 Å². The van der Waals surface area contributed by atoms with Crippen LogP contribution in [0, 0.1) is 5.82 Å². The smallest absolute Gasteiger partial charge is 0.141 e. The normalized spacial score (nSPS) is 11.1. The van der Waals surface area contributed by atoms with Crippen LogP contribution in [0.2, 0.25) is 0 Å². The molecule has 0 aliphatic heterocycles. The van der Waals surface area contributed by atoms with Gasteiger partial charge in [0.15, 0.2) is 0 Å². The molecule has 0 saturated heterocycles. The van der Waals surface area contributed by atoms with E-state index in [-0.39, 0.29) is 5.82 Å². The molecule has 94 valence electrons. The first kappa shape index (κ1) is 14.0. The van der Waals surface area contributed by atoms with Crippen molar-refractivity contribution in [2.75, 3.05) is 6.54 Å². The molecule has 5 heteroatoms. The molecule has 17 heavy (non-hydrogen) atoms. The molecule has 0 atom stereocenters. The predicted octanol–water partition coefficient (Wildman–Crippen LogP) is 2.11. The van der Waals surface area contributed by atoms with Gasteiger partial charge in [-0.25, -0.2) is 4.39 Å². The topological polar surface area (TPSA) is 42.1 Å². The first-order chi connectivity index (χ1) is 7.99. The van der Waals surface area contributed by atoms with Gasteiger partial charge < -0.3 is 5.73 Å². The Kier molecular flexibility index (Phi) is 5.44. The number of aromatic nitrogens is 1. The van der Waals surface area contributed by atoms with Crippen molar-refractivity contribution in [1.82, 2.24) is 9.88 Å². The average molecular weight is 255 g/mol. The summed E-state index contributed by atoms with van der Waals surface area (Å²) in [5.41, 5.74) is 6.35. The molecule has 2 N–H and O–H groups in total. The fourth-order valence-corrected chi connectivity index (χ4v) is 1.64. The Balaban J connectivity index is 2.63. The third-order valence-electron chi connectivity index (χ3n) is 2.52. The zero-order chi connectivity index (χ0) is 12.8. The predicted molar refractivity (Wildman–Crippen MR) is 71.1 cm³/mol. The number of hydrogen-bond acceptors (Lipinski definition) is 3. The fraction of sp³-hybridized carbons (Fsp3) is 0.500. The van der Waals surface area contributed by atoms with Gasteiger partial charge in [-0.05, 0) is 25.5 Å². The van der Waals surface area contributed by atoms with Gasteiger partial charge in [-0.1, -0.05) is 12.2 Å². The standard InChI is InChI=1S/C12H18FN3S/c1-9(2)16(4-3-12(14)17)8-10-5-11(13)7-15-6-10/h5-7,9H,3-4,8H2,1-2H3,(H2,14,17). The number of rotatable bonds is 6. The molecule has 3 nitrogen and oxygen atoms in total. The molecule has 0 amide bonds. The molecule has 0 aliphatic carbocycles. The summed E-state index contributed by atoms with van der Waals surface area (Å²) < 4.78 is 13.0. The second-order valence-corrected chi connectivity index (χ2v) is 4.82. The van der Waals surface area contributed by atoms with Crippen LogP contribution in [0.3, 0.4) is 0 Å². The highest BCUT2D eigenvalue weighted by Crippen LogP contribution is 2.09. The van der Waals surface area contributed by atoms with E-state index in [1.165, 1.54) is 12.3 Å². The zero-order valence-corrected chi connectivity index (χ0v) is 11.0. The van der Waals surface area contributed by atoms with Crippen molar-refractivity contribution in [2.24, 2.45) is 5.73 Å². The van der Waals surface area contributed by atoms with Gasteiger partial charge in [0.1, 0.15) is 5.82 Å². The van der Waals surface area contributed by atoms with E-state index in [4.69, 9.17) is 18.0 Å². The van der Waals surface area contributed by atoms with E-state index in [1.54, 1.807) is 6.20 Å². The van der Waals surface area contributed by atoms with Crippen molar-refractivity contribution in [1.29, 1.82) is 0 Å². The Hall–Kier alpha value is -1.07. The maximum absolute atomic E-state index is 13.0. The van der Waals surface area contributed by atoms with Gasteiger partial charge in [0.2, 0.25) is 0 Å². The number of pyridine rings is 1. The number of nitrogens with zero attached hydrogens (tertiary/aromatic N) is 2. The lowest BCUT2D eigenvalue weighted by Gasteiger charge is -2.26. The molecule has 0 radical (unpaired) electrons. The first-order valence-electron chi connectivity index (χ1n) is 5.61. The largest absolute Gasteiger partial charge is 0.393 e. The number of nitrogens with two attached hydrogens (primary N) is 1. The summed E-state index contributed by atoms with van der Waals surface area (Å²) in [6.07, 6.45) is 3.56. The van der Waals surface area contributed by atoms with Gasteiger partial charge in [-0.15, -0.1) is 0 Å². The minimum absolute atomic E-state index is 0.305. The second-order valence-electron chi connectivity index (χ2n) is 4.29. The van der Waals surface area contributed by atoms with E-state index < -0.39 is 0 Å². The number of halogens is 1. The Morgan fingerprint density at radius 3 is 2.76 bits per heavy atom. The molecule has 1 heterocycles. The van der Waals surface area contributed by atoms with Gasteiger partial charge in [0.25, 0.3) is 0 Å². The second kappa shape index (κ2) is 6.61. The van der Waals surface area contributed by atoms with E-state index in [2.05, 4.69) is 23.7 Å². The average Bonchev–Trinajstić information content (AvgIpc) is 2.23. The van der Waals surface area contributed by atoms with Gasteiger partial charge in [0, 0.05) is 31.7 Å². The van der Waals surface area contributed by atoms with Crippen LogP contribution in [0.5, 0.6) is 0 Å². The van der Waals surface area contributed by atoms with Crippen molar-refractivity contribution in [3.63, 3.8) is 0 Å². The number of thiocarbonyl (C=S) groups is 1. The Morgan fingerprint density at radius 2 is 2.24 bits per heavy atom. The maximum atomic E-state index is 13.0. The lowest BCUT2D eigenvalue weighted by Crippen LogP contribution is -2.33. The van der Waals surface area contributed by atoms with Crippen LogP contribution >= 0.6 is 12.2 Å². The van der Waals surface area contributed by atoms with Crippen LogP contribution < -0.4 is 5.73 Å². The summed E-state index contributed by atoms with van der Waals surface area (Å²) in [6, 6.07) is 1.86. The SMILES string of the molecule is CC(C)N(CCC(N)=S)Cc1cncc(F)c1. The summed E-state index contributed by atoms with van der Waals surface area (Å²) in [5.74, 6) is -0.305. The fourth-order valence-electron chi connectivity index (χ4n) is 1.55. The summed E-state index contributed by atoms with van der Waals surface area (Å²) in [7, 11) is 0.